The lowest BCUT2D eigenvalue weighted by Gasteiger charge is -2.33. The maximum Gasteiger partial charge on any atom is 0.180 e. The molecule has 3 rings (SSSR count). The lowest BCUT2D eigenvalue weighted by molar-refractivity contribution is 0.108. The lowest BCUT2D eigenvalue weighted by atomic mass is 9.94. The number of nitrogens with two attached hydrogens (primary N) is 1. The van der Waals surface area contributed by atoms with Gasteiger partial charge in [-0.2, -0.15) is 0 Å². The molecule has 2 aliphatic rings. The van der Waals surface area contributed by atoms with Gasteiger partial charge in [-0.25, -0.2) is 4.98 Å². The first-order valence-corrected chi connectivity index (χ1v) is 7.63. The predicted octanol–water partition coefficient (Wildman–Crippen LogP) is 2.13. The summed E-state index contributed by atoms with van der Waals surface area (Å²) < 4.78 is 0. The number of aromatic nitrogens is 1. The molecule has 0 spiro atoms. The Balaban J connectivity index is 0.00000133. The molecule has 4 nitrogen and oxygen atoms in total. The molecule has 19 heavy (non-hydrogen) atoms. The van der Waals surface area contributed by atoms with Gasteiger partial charge in [0.25, 0.3) is 0 Å². The number of halogens is 1. The Morgan fingerprint density at radius 2 is 2.26 bits per heavy atom. The SMILES string of the molecule is Cl.Nc1ncc(CN(CCO)C2CC3CCC2C3)s1. The van der Waals surface area contributed by atoms with Crippen molar-refractivity contribution >= 4 is 28.9 Å². The van der Waals surface area contributed by atoms with Crippen molar-refractivity contribution in [2.75, 3.05) is 18.9 Å². The second kappa shape index (κ2) is 6.39. The van der Waals surface area contributed by atoms with E-state index >= 15 is 0 Å². The van der Waals surface area contributed by atoms with Crippen molar-refractivity contribution in [2.24, 2.45) is 11.8 Å². The van der Waals surface area contributed by atoms with Gasteiger partial charge in [0.05, 0.1) is 6.61 Å². The van der Waals surface area contributed by atoms with Crippen molar-refractivity contribution < 1.29 is 5.11 Å². The molecule has 0 aromatic carbocycles. The first-order chi connectivity index (χ1) is 8.76. The average molecular weight is 304 g/mol. The van der Waals surface area contributed by atoms with Gasteiger partial charge in [-0.3, -0.25) is 4.90 Å². The van der Waals surface area contributed by atoms with E-state index in [-0.39, 0.29) is 19.0 Å². The molecule has 0 radical (unpaired) electrons. The number of thiazole rings is 1. The summed E-state index contributed by atoms with van der Waals surface area (Å²) in [6, 6.07) is 0.666. The second-order valence-electron chi connectivity index (χ2n) is 5.60. The molecule has 0 amide bonds. The molecule has 3 atom stereocenters. The third-order valence-electron chi connectivity index (χ3n) is 4.49. The number of hydrogen-bond acceptors (Lipinski definition) is 5. The number of aliphatic hydroxyl groups is 1. The quantitative estimate of drug-likeness (QED) is 0.875. The number of anilines is 1. The van der Waals surface area contributed by atoms with Crippen LogP contribution in [0.1, 0.15) is 30.6 Å². The normalized spacial score (nSPS) is 28.8. The van der Waals surface area contributed by atoms with Crippen LogP contribution in [0.3, 0.4) is 0 Å². The van der Waals surface area contributed by atoms with Gasteiger partial charge in [0.2, 0.25) is 0 Å². The highest BCUT2D eigenvalue weighted by Crippen LogP contribution is 2.46. The molecule has 3 unspecified atom stereocenters. The summed E-state index contributed by atoms with van der Waals surface area (Å²) in [5, 5.41) is 9.91. The van der Waals surface area contributed by atoms with Crippen LogP contribution < -0.4 is 5.73 Å². The fourth-order valence-electron chi connectivity index (χ4n) is 3.74. The fraction of sp³-hybridized carbons (Fsp3) is 0.769. The van der Waals surface area contributed by atoms with Crippen LogP contribution in [0, 0.1) is 11.8 Å². The van der Waals surface area contributed by atoms with Crippen molar-refractivity contribution in [1.29, 1.82) is 0 Å². The molecule has 108 valence electrons. The van der Waals surface area contributed by atoms with Crippen LogP contribution in [0.2, 0.25) is 0 Å². The molecule has 2 bridgehead atoms. The summed E-state index contributed by atoms with van der Waals surface area (Å²) >= 11 is 1.56. The third kappa shape index (κ3) is 3.21. The number of nitrogen functional groups attached to an aromatic ring is 1. The Hall–Kier alpha value is -0.360. The predicted molar refractivity (Wildman–Crippen MR) is 80.5 cm³/mol. The van der Waals surface area contributed by atoms with Crippen LogP contribution in [-0.4, -0.2) is 34.2 Å². The molecule has 3 N–H and O–H groups in total. The van der Waals surface area contributed by atoms with Crippen LogP contribution in [0.4, 0.5) is 5.13 Å². The average Bonchev–Trinajstić information content (AvgIpc) is 3.05. The number of hydrogen-bond donors (Lipinski definition) is 2. The van der Waals surface area contributed by atoms with E-state index < -0.39 is 0 Å². The van der Waals surface area contributed by atoms with Crippen molar-refractivity contribution in [3.05, 3.63) is 11.1 Å². The highest BCUT2D eigenvalue weighted by Gasteiger charge is 2.42. The topological polar surface area (TPSA) is 62.4 Å². The monoisotopic (exact) mass is 303 g/mol. The molecule has 2 aliphatic carbocycles. The van der Waals surface area contributed by atoms with Crippen LogP contribution in [0.15, 0.2) is 6.20 Å². The first-order valence-electron chi connectivity index (χ1n) is 6.81. The smallest absolute Gasteiger partial charge is 0.180 e. The minimum Gasteiger partial charge on any atom is -0.395 e. The molecular formula is C13H22ClN3OS. The van der Waals surface area contributed by atoms with E-state index in [2.05, 4.69) is 9.88 Å². The third-order valence-corrected chi connectivity index (χ3v) is 5.30. The molecule has 1 aromatic rings. The Labute approximate surface area is 124 Å². The summed E-state index contributed by atoms with van der Waals surface area (Å²) in [7, 11) is 0. The lowest BCUT2D eigenvalue weighted by Crippen LogP contribution is -2.40. The molecule has 0 saturated heterocycles. The maximum atomic E-state index is 9.27. The van der Waals surface area contributed by atoms with Gasteiger partial charge in [0, 0.05) is 30.2 Å². The molecule has 1 aromatic heterocycles. The van der Waals surface area contributed by atoms with Crippen LogP contribution >= 0.6 is 23.7 Å². The van der Waals surface area contributed by atoms with Gasteiger partial charge in [-0.1, -0.05) is 6.42 Å². The Bertz CT molecular complexity index is 414. The minimum atomic E-state index is 0. The van der Waals surface area contributed by atoms with E-state index in [0.29, 0.717) is 11.2 Å². The summed E-state index contributed by atoms with van der Waals surface area (Å²) in [6.45, 7) is 1.90. The van der Waals surface area contributed by atoms with E-state index in [1.165, 1.54) is 30.6 Å². The van der Waals surface area contributed by atoms with Crippen molar-refractivity contribution in [3.63, 3.8) is 0 Å². The second-order valence-corrected chi connectivity index (χ2v) is 6.75. The zero-order chi connectivity index (χ0) is 12.5. The van der Waals surface area contributed by atoms with Crippen LogP contribution in [0.25, 0.3) is 0 Å². The van der Waals surface area contributed by atoms with Crippen molar-refractivity contribution in [1.82, 2.24) is 9.88 Å². The largest absolute Gasteiger partial charge is 0.395 e. The Morgan fingerprint density at radius 3 is 2.79 bits per heavy atom. The summed E-state index contributed by atoms with van der Waals surface area (Å²) in [6.07, 6.45) is 7.39. The summed E-state index contributed by atoms with van der Waals surface area (Å²) in [5.74, 6) is 1.79. The van der Waals surface area contributed by atoms with Gasteiger partial charge >= 0.3 is 0 Å². The van der Waals surface area contributed by atoms with Crippen molar-refractivity contribution in [2.45, 2.75) is 38.3 Å². The van der Waals surface area contributed by atoms with E-state index in [9.17, 15) is 5.11 Å². The summed E-state index contributed by atoms with van der Waals surface area (Å²) in [4.78, 5) is 7.76. The van der Waals surface area contributed by atoms with Crippen LogP contribution in [0.5, 0.6) is 0 Å². The maximum absolute atomic E-state index is 9.27. The minimum absolute atomic E-state index is 0. The van der Waals surface area contributed by atoms with Gasteiger partial charge < -0.3 is 10.8 Å². The van der Waals surface area contributed by atoms with Gasteiger partial charge in [-0.05, 0) is 31.1 Å². The standard InChI is InChI=1S/C13H21N3OS.ClH/c14-13-15-7-11(18-13)8-16(3-4-17)12-6-9-1-2-10(12)5-9;/h7,9-10,12,17H,1-6,8H2,(H2,14,15);1H. The molecule has 2 fully saturated rings. The van der Waals surface area contributed by atoms with Gasteiger partial charge in [-0.15, -0.1) is 23.7 Å². The van der Waals surface area contributed by atoms with E-state index in [4.69, 9.17) is 5.73 Å². The number of nitrogens with zero attached hydrogens (tertiary/aromatic N) is 2. The molecule has 1 heterocycles. The number of rotatable bonds is 5. The Morgan fingerprint density at radius 1 is 1.42 bits per heavy atom. The van der Waals surface area contributed by atoms with Gasteiger partial charge in [0.15, 0.2) is 5.13 Å². The number of fused-ring (bicyclic) bond motifs is 2. The summed E-state index contributed by atoms with van der Waals surface area (Å²) in [5.41, 5.74) is 5.68. The molecule has 6 heteroatoms. The molecular weight excluding hydrogens is 282 g/mol. The zero-order valence-electron chi connectivity index (χ0n) is 11.0. The zero-order valence-corrected chi connectivity index (χ0v) is 12.6. The first kappa shape index (κ1) is 15.0. The van der Waals surface area contributed by atoms with E-state index in [1.54, 1.807) is 11.3 Å². The Kier molecular flexibility index (Phi) is 5.06. The highest BCUT2D eigenvalue weighted by molar-refractivity contribution is 7.15. The van der Waals surface area contributed by atoms with E-state index in [0.717, 1.165) is 24.9 Å². The number of aliphatic hydroxyl groups excluding tert-OH is 1. The highest BCUT2D eigenvalue weighted by atomic mass is 35.5. The van der Waals surface area contributed by atoms with Crippen LogP contribution in [-0.2, 0) is 6.54 Å². The molecule has 0 aliphatic heterocycles. The fourth-order valence-corrected chi connectivity index (χ4v) is 4.45. The molecule has 2 saturated carbocycles. The van der Waals surface area contributed by atoms with Crippen molar-refractivity contribution in [3.8, 4) is 0 Å². The van der Waals surface area contributed by atoms with Gasteiger partial charge in [0.1, 0.15) is 0 Å². The van der Waals surface area contributed by atoms with E-state index in [1.807, 2.05) is 6.20 Å².